The molecule has 0 aliphatic carbocycles. The number of imidazole rings is 4. The van der Waals surface area contributed by atoms with E-state index in [1.165, 1.54) is 87.0 Å². The Bertz CT molecular complexity index is 4830. The third-order valence-corrected chi connectivity index (χ3v) is 16.0. The highest BCUT2D eigenvalue weighted by Gasteiger charge is 2.36. The number of halogens is 1. The molecule has 1 unspecified atom stereocenters. The van der Waals surface area contributed by atoms with E-state index in [0.29, 0.717) is 45.6 Å². The summed E-state index contributed by atoms with van der Waals surface area (Å²) in [6, 6.07) is 18.9. The molecule has 494 valence electrons. The third kappa shape index (κ3) is 14.0. The number of amides is 10. The number of carbonyl (C=O) groups excluding carboxylic acids is 10. The average Bonchev–Trinajstić information content (AvgIpc) is 1.56. The Kier molecular flexibility index (Phi) is 18.4. The molecule has 0 saturated carbocycles. The second-order valence-corrected chi connectivity index (χ2v) is 23.1. The lowest BCUT2D eigenvalue weighted by Crippen LogP contribution is -2.30. The van der Waals surface area contributed by atoms with Gasteiger partial charge in [0, 0.05) is 159 Å². The number of aromatic hydroxyl groups is 1. The molecule has 1 aliphatic rings. The predicted octanol–water partition coefficient (Wildman–Crippen LogP) is 5.50. The van der Waals surface area contributed by atoms with Gasteiger partial charge in [-0.1, -0.05) is 24.3 Å². The second-order valence-electron chi connectivity index (χ2n) is 22.8. The number of carbonyl (C=O) groups is 10. The Labute approximate surface area is 549 Å². The summed E-state index contributed by atoms with van der Waals surface area (Å²) in [5, 5.41) is 37.1. The Morgan fingerprint density at radius 1 is 0.521 bits per heavy atom. The van der Waals surface area contributed by atoms with Crippen molar-refractivity contribution >= 4 is 138 Å². The first-order chi connectivity index (χ1) is 45.9. The number of nitrogens with one attached hydrogen (secondary N) is 10. The van der Waals surface area contributed by atoms with Crippen LogP contribution in [0.15, 0.2) is 104 Å². The first-order valence-electron chi connectivity index (χ1n) is 29.8. The monoisotopic (exact) mass is 1330 g/mol. The summed E-state index contributed by atoms with van der Waals surface area (Å²) in [6.07, 6.45) is 8.89. The number of phenols is 1. The molecule has 1 atom stereocenters. The molecule has 8 heterocycles. The molecule has 0 saturated heterocycles. The van der Waals surface area contributed by atoms with Crippen LogP contribution in [-0.2, 0) is 56.7 Å². The SMILES string of the molecule is CC(=O)Nc1cn(C)c(C(=O)NCCC(=O)Nc2cn(C)c(C(=O)Nc3cn(C)c(C(=O)Nc4cc(C(=O)NCCCC(=O)Nc5cn(C)c(C(=O)Nc6cc(C(=O)Nc7ccc8[nH]c(C(=O)N9CC(CCl)c%10c9cc(O)c9ccccc%109)cc8c7)n(C)c6)n5)n(C)c4)n3)n2)n1. The molecule has 96 heavy (non-hydrogen) atoms. The Balaban J connectivity index is 0.604. The highest BCUT2D eigenvalue weighted by Crippen LogP contribution is 2.46. The van der Waals surface area contributed by atoms with Crippen LogP contribution in [0.25, 0.3) is 21.7 Å². The Morgan fingerprint density at radius 2 is 1.02 bits per heavy atom. The zero-order chi connectivity index (χ0) is 68.4. The van der Waals surface area contributed by atoms with Gasteiger partial charge in [0.1, 0.15) is 22.8 Å². The number of fused-ring (bicyclic) bond motifs is 4. The Hall–Kier alpha value is -12.4. The van der Waals surface area contributed by atoms with Gasteiger partial charge in [0.25, 0.3) is 41.4 Å². The van der Waals surface area contributed by atoms with E-state index in [4.69, 9.17) is 11.6 Å². The largest absolute Gasteiger partial charge is 0.507 e. The number of nitrogens with zero attached hydrogens (tertiary/aromatic N) is 11. The van der Waals surface area contributed by atoms with Gasteiger partial charge in [-0.05, 0) is 53.8 Å². The van der Waals surface area contributed by atoms with Crippen molar-refractivity contribution in [1.82, 2.24) is 63.0 Å². The van der Waals surface area contributed by atoms with E-state index >= 15 is 0 Å². The Morgan fingerprint density at radius 3 is 1.59 bits per heavy atom. The zero-order valence-electron chi connectivity index (χ0n) is 52.7. The van der Waals surface area contributed by atoms with Crippen molar-refractivity contribution in [2.24, 2.45) is 42.3 Å². The molecule has 3 aromatic carbocycles. The van der Waals surface area contributed by atoms with Crippen LogP contribution in [0.1, 0.15) is 112 Å². The number of phenolic OH excluding ortho intramolecular Hbond substituents is 1. The maximum atomic E-state index is 14.1. The lowest BCUT2D eigenvalue weighted by molar-refractivity contribution is -0.117. The van der Waals surface area contributed by atoms with Crippen molar-refractivity contribution in [3.05, 3.63) is 150 Å². The normalized spacial score (nSPS) is 12.5. The quantitative estimate of drug-likeness (QED) is 0.0295. The first-order valence-corrected chi connectivity index (χ1v) is 30.3. The topological polar surface area (TPSA) is 399 Å². The fourth-order valence-electron chi connectivity index (χ4n) is 11.1. The van der Waals surface area contributed by atoms with Crippen molar-refractivity contribution in [3.8, 4) is 5.75 Å². The van der Waals surface area contributed by atoms with Gasteiger partial charge in [0.15, 0.2) is 23.3 Å². The van der Waals surface area contributed by atoms with Crippen molar-refractivity contribution in [2.45, 2.75) is 32.1 Å². The summed E-state index contributed by atoms with van der Waals surface area (Å²) in [6.45, 7) is 1.69. The standard InChI is InChI=1S/C63H64ClN21O11/c1-32(86)67-46-28-81(4)53(74-46)59(92)66-18-16-51(89)73-48-30-83(6)56(76-48)62(95)78-49-31-84(7)55(77-49)61(94)69-36-21-43(79(2)26-36)57(90)65-17-10-13-50(88)72-47-29-82(5)54(75-47)60(93)70-37-22-44(80(3)27-37)58(91)68-35-14-15-40-33(19-35)20-41(71-40)63(96)85-25-34(24-64)52-39-12-9-8-11-38(39)45(87)23-42(52)85/h8-9,11-12,14-15,19-23,26-31,34,71,87H,10,13,16-18,24-25H2,1-7H3,(H,65,90)(H,66,92)(H,67,86)(H,68,91)(H,69,94)(H,70,93)(H,72,88)(H,73,89)(H,78,95). The summed E-state index contributed by atoms with van der Waals surface area (Å²) >= 11 is 6.42. The second kappa shape index (κ2) is 27.1. The van der Waals surface area contributed by atoms with Gasteiger partial charge in [-0.3, -0.25) is 47.9 Å². The number of hydrogen-bond acceptors (Lipinski definition) is 15. The summed E-state index contributed by atoms with van der Waals surface area (Å²) in [7, 11) is 9.48. The highest BCUT2D eigenvalue weighted by atomic mass is 35.5. The van der Waals surface area contributed by atoms with Crippen LogP contribution in [0.3, 0.4) is 0 Å². The maximum absolute atomic E-state index is 14.1. The number of hydrogen-bond donors (Lipinski definition) is 11. The van der Waals surface area contributed by atoms with Gasteiger partial charge in [0.05, 0.1) is 17.1 Å². The zero-order valence-corrected chi connectivity index (χ0v) is 53.4. The van der Waals surface area contributed by atoms with Crippen LogP contribution in [0.4, 0.5) is 46.0 Å². The summed E-state index contributed by atoms with van der Waals surface area (Å²) in [5.41, 5.74) is 3.88. The molecule has 11 N–H and O–H groups in total. The van der Waals surface area contributed by atoms with Crippen LogP contribution >= 0.6 is 11.6 Å². The lowest BCUT2D eigenvalue weighted by atomic mass is 9.95. The van der Waals surface area contributed by atoms with Crippen molar-refractivity contribution in [3.63, 3.8) is 0 Å². The van der Waals surface area contributed by atoms with E-state index in [2.05, 4.69) is 72.8 Å². The molecule has 0 radical (unpaired) electrons. The molecule has 10 amide bonds. The lowest BCUT2D eigenvalue weighted by Gasteiger charge is -2.17. The highest BCUT2D eigenvalue weighted by molar-refractivity contribution is 6.19. The number of alkyl halides is 1. The van der Waals surface area contributed by atoms with Crippen molar-refractivity contribution < 1.29 is 53.1 Å². The number of aryl methyl sites for hydroxylation is 6. The minimum atomic E-state index is -0.705. The van der Waals surface area contributed by atoms with E-state index in [0.717, 1.165) is 10.9 Å². The minimum absolute atomic E-state index is 0.0106. The molecule has 7 aromatic heterocycles. The van der Waals surface area contributed by atoms with Gasteiger partial charge in [0.2, 0.25) is 41.0 Å². The number of H-pyrrole nitrogens is 1. The van der Waals surface area contributed by atoms with Crippen LogP contribution in [0.2, 0.25) is 0 Å². The molecule has 11 rings (SSSR count). The van der Waals surface area contributed by atoms with E-state index in [1.807, 2.05) is 24.3 Å². The molecular weight excluding hydrogens is 1260 g/mol. The average molecular weight is 1330 g/mol. The number of rotatable bonds is 22. The molecule has 0 spiro atoms. The minimum Gasteiger partial charge on any atom is -0.507 e. The molecule has 32 nitrogen and oxygen atoms in total. The predicted molar refractivity (Wildman–Crippen MR) is 355 cm³/mol. The summed E-state index contributed by atoms with van der Waals surface area (Å²) < 4.78 is 8.65. The van der Waals surface area contributed by atoms with E-state index in [9.17, 15) is 53.1 Å². The third-order valence-electron chi connectivity index (χ3n) is 15.6. The van der Waals surface area contributed by atoms with Gasteiger partial charge in [-0.15, -0.1) is 11.6 Å². The number of anilines is 8. The van der Waals surface area contributed by atoms with Crippen LogP contribution < -0.4 is 52.8 Å². The molecular formula is C63H64ClN21O11. The van der Waals surface area contributed by atoms with E-state index in [1.54, 1.807) is 74.2 Å². The molecule has 10 aromatic rings. The smallest absolute Gasteiger partial charge is 0.292 e. The van der Waals surface area contributed by atoms with Gasteiger partial charge >= 0.3 is 0 Å². The molecule has 33 heteroatoms. The van der Waals surface area contributed by atoms with E-state index < -0.39 is 47.3 Å². The van der Waals surface area contributed by atoms with Crippen LogP contribution in [-0.4, -0.2) is 142 Å². The number of aromatic nitrogens is 11. The molecule has 0 fully saturated rings. The fourth-order valence-corrected chi connectivity index (χ4v) is 11.4. The van der Waals surface area contributed by atoms with E-state index in [-0.39, 0.29) is 125 Å². The van der Waals surface area contributed by atoms with Crippen LogP contribution in [0, 0.1) is 0 Å². The number of aromatic amines is 1. The van der Waals surface area contributed by atoms with Gasteiger partial charge in [-0.25, -0.2) is 19.9 Å². The molecule has 1 aliphatic heterocycles. The molecule has 0 bridgehead atoms. The maximum Gasteiger partial charge on any atom is 0.292 e. The summed E-state index contributed by atoms with van der Waals surface area (Å²) in [4.78, 5) is 152. The van der Waals surface area contributed by atoms with Gasteiger partial charge in [-0.2, -0.15) is 0 Å². The van der Waals surface area contributed by atoms with Gasteiger partial charge < -0.3 is 90.2 Å². The number of benzene rings is 3. The van der Waals surface area contributed by atoms with Crippen molar-refractivity contribution in [2.75, 3.05) is 67.6 Å². The fraction of sp³-hybridized carbons (Fsp3) is 0.238. The van der Waals surface area contributed by atoms with Crippen LogP contribution in [0.5, 0.6) is 5.75 Å². The summed E-state index contributed by atoms with van der Waals surface area (Å²) in [5.74, 6) is -4.74. The van der Waals surface area contributed by atoms with Crippen molar-refractivity contribution in [1.29, 1.82) is 0 Å². The first kappa shape index (κ1) is 65.2.